The molecule has 0 aliphatic carbocycles. The topological polar surface area (TPSA) is 43.1 Å². The molecule has 206 valence electrons. The van der Waals surface area contributed by atoms with Gasteiger partial charge in [0.25, 0.3) is 0 Å². The molecule has 0 aromatic heterocycles. The fourth-order valence-electron chi connectivity index (χ4n) is 4.81. The molecule has 0 fully saturated rings. The van der Waals surface area contributed by atoms with Gasteiger partial charge in [0.15, 0.2) is 0 Å². The molecule has 0 aliphatic heterocycles. The number of carbonyl (C=O) groups excluding carboxylic acids is 1. The number of nitrogens with two attached hydrogens (primary N) is 1. The predicted octanol–water partition coefficient (Wildman–Crippen LogP) is 10.5. The van der Waals surface area contributed by atoms with Crippen molar-refractivity contribution in [1.82, 2.24) is 0 Å². The Morgan fingerprint density at radius 1 is 0.605 bits per heavy atom. The van der Waals surface area contributed by atoms with Crippen LogP contribution in [0.5, 0.6) is 0 Å². The highest BCUT2D eigenvalue weighted by Crippen LogP contribution is 2.24. The maximum Gasteiger partial charge on any atom is 0.248 e. The molecule has 2 nitrogen and oxygen atoms in total. The Bertz CT molecular complexity index is 955. The van der Waals surface area contributed by atoms with Crippen molar-refractivity contribution in [3.05, 3.63) is 95.1 Å². The molecule has 0 heterocycles. The zero-order chi connectivity index (χ0) is 27.1. The molecule has 0 spiro atoms. The lowest BCUT2D eigenvalue weighted by atomic mass is 9.94. The molecule has 38 heavy (non-hydrogen) atoms. The van der Waals surface area contributed by atoms with E-state index >= 15 is 0 Å². The second kappa shape index (κ2) is 21.1. The van der Waals surface area contributed by atoms with Crippen LogP contribution in [0.4, 0.5) is 0 Å². The van der Waals surface area contributed by atoms with Gasteiger partial charge in [-0.15, -0.1) is 0 Å². The Morgan fingerprint density at radius 2 is 1.05 bits per heavy atom. The van der Waals surface area contributed by atoms with E-state index in [1.165, 1.54) is 89.9 Å². The first kappa shape index (κ1) is 31.3. The van der Waals surface area contributed by atoms with Gasteiger partial charge in [-0.05, 0) is 61.3 Å². The van der Waals surface area contributed by atoms with Crippen LogP contribution in [0.1, 0.15) is 121 Å². The zero-order valence-corrected chi connectivity index (χ0v) is 23.9. The van der Waals surface area contributed by atoms with Gasteiger partial charge in [0, 0.05) is 5.57 Å². The van der Waals surface area contributed by atoms with Crippen LogP contribution in [-0.4, -0.2) is 5.91 Å². The van der Waals surface area contributed by atoms with Gasteiger partial charge in [-0.3, -0.25) is 4.79 Å². The number of amides is 1. The Kier molecular flexibility index (Phi) is 17.4. The SMILES string of the molecule is CCCCCCCCC=CCCCCCCCCCC(=Cc1ccccc1)C(=Cc1ccccc1)C(N)=O. The highest BCUT2D eigenvalue weighted by Gasteiger charge is 2.12. The minimum absolute atomic E-state index is 0.364. The molecule has 2 rings (SSSR count). The van der Waals surface area contributed by atoms with E-state index in [1.54, 1.807) is 0 Å². The highest BCUT2D eigenvalue weighted by atomic mass is 16.1. The van der Waals surface area contributed by atoms with Crippen molar-refractivity contribution in [3.8, 4) is 0 Å². The van der Waals surface area contributed by atoms with Crippen LogP contribution in [0.25, 0.3) is 12.2 Å². The summed E-state index contributed by atoms with van der Waals surface area (Å²) in [7, 11) is 0. The zero-order valence-electron chi connectivity index (χ0n) is 23.9. The lowest BCUT2D eigenvalue weighted by Gasteiger charge is -2.11. The van der Waals surface area contributed by atoms with Crippen LogP contribution >= 0.6 is 0 Å². The summed E-state index contributed by atoms with van der Waals surface area (Å²) < 4.78 is 0. The molecule has 0 atom stereocenters. The van der Waals surface area contributed by atoms with Crippen molar-refractivity contribution in [2.45, 2.75) is 110 Å². The fraction of sp³-hybridized carbons (Fsp3) is 0.472. The van der Waals surface area contributed by atoms with E-state index in [0.717, 1.165) is 29.5 Å². The molecule has 0 saturated carbocycles. The quantitative estimate of drug-likeness (QED) is 0.0767. The number of primary amides is 1. The molecule has 2 N–H and O–H groups in total. The molecular weight excluding hydrogens is 462 g/mol. The van der Waals surface area contributed by atoms with Crippen molar-refractivity contribution in [2.75, 3.05) is 0 Å². The van der Waals surface area contributed by atoms with Crippen LogP contribution in [0.3, 0.4) is 0 Å². The Labute approximate surface area is 233 Å². The minimum Gasteiger partial charge on any atom is -0.366 e. The Hall–Kier alpha value is -2.87. The third-order valence-electron chi connectivity index (χ3n) is 7.07. The van der Waals surface area contributed by atoms with Crippen molar-refractivity contribution >= 4 is 18.1 Å². The average molecular weight is 514 g/mol. The number of carbonyl (C=O) groups is 1. The summed E-state index contributed by atoms with van der Waals surface area (Å²) in [5, 5.41) is 0. The van der Waals surface area contributed by atoms with Crippen LogP contribution in [0, 0.1) is 0 Å². The smallest absolute Gasteiger partial charge is 0.248 e. The van der Waals surface area contributed by atoms with Crippen molar-refractivity contribution in [1.29, 1.82) is 0 Å². The number of hydrogen-bond acceptors (Lipinski definition) is 1. The van der Waals surface area contributed by atoms with E-state index in [-0.39, 0.29) is 5.91 Å². The lowest BCUT2D eigenvalue weighted by Crippen LogP contribution is -2.15. The first-order valence-electron chi connectivity index (χ1n) is 15.2. The van der Waals surface area contributed by atoms with E-state index < -0.39 is 0 Å². The van der Waals surface area contributed by atoms with Crippen LogP contribution in [0.15, 0.2) is 84.0 Å². The summed E-state index contributed by atoms with van der Waals surface area (Å²) in [5.41, 5.74) is 9.59. The molecule has 0 bridgehead atoms. The van der Waals surface area contributed by atoms with Gasteiger partial charge in [-0.2, -0.15) is 0 Å². The van der Waals surface area contributed by atoms with Crippen molar-refractivity contribution in [3.63, 3.8) is 0 Å². The van der Waals surface area contributed by atoms with Gasteiger partial charge in [0.05, 0.1) is 0 Å². The highest BCUT2D eigenvalue weighted by molar-refractivity contribution is 6.02. The van der Waals surface area contributed by atoms with Gasteiger partial charge in [0.2, 0.25) is 5.91 Å². The molecule has 0 saturated heterocycles. The van der Waals surface area contributed by atoms with Gasteiger partial charge < -0.3 is 5.73 Å². The van der Waals surface area contributed by atoms with E-state index in [0.29, 0.717) is 5.57 Å². The van der Waals surface area contributed by atoms with Crippen LogP contribution in [-0.2, 0) is 4.79 Å². The summed E-state index contributed by atoms with van der Waals surface area (Å²) in [5.74, 6) is -0.364. The van der Waals surface area contributed by atoms with Crippen molar-refractivity contribution in [2.24, 2.45) is 5.73 Å². The normalized spacial score (nSPS) is 12.3. The molecular formula is C36H51NO. The summed E-state index contributed by atoms with van der Waals surface area (Å²) in [6.07, 6.45) is 29.2. The molecule has 0 aliphatic rings. The molecule has 2 aromatic rings. The number of hydrogen-bond donors (Lipinski definition) is 1. The summed E-state index contributed by atoms with van der Waals surface area (Å²) in [6, 6.07) is 20.2. The van der Waals surface area contributed by atoms with Gasteiger partial charge in [0.1, 0.15) is 0 Å². The van der Waals surface area contributed by atoms with Crippen LogP contribution < -0.4 is 5.73 Å². The first-order valence-corrected chi connectivity index (χ1v) is 15.2. The number of unbranched alkanes of at least 4 members (excludes halogenated alkanes) is 13. The molecule has 2 heteroatoms. The first-order chi connectivity index (χ1) is 18.7. The molecule has 1 amide bonds. The number of allylic oxidation sites excluding steroid dienone is 2. The minimum atomic E-state index is -0.364. The summed E-state index contributed by atoms with van der Waals surface area (Å²) >= 11 is 0. The maximum absolute atomic E-state index is 12.4. The van der Waals surface area contributed by atoms with Gasteiger partial charge >= 0.3 is 0 Å². The largest absolute Gasteiger partial charge is 0.366 e. The van der Waals surface area contributed by atoms with E-state index in [2.05, 4.69) is 37.3 Å². The lowest BCUT2D eigenvalue weighted by molar-refractivity contribution is -0.114. The third kappa shape index (κ3) is 14.8. The summed E-state index contributed by atoms with van der Waals surface area (Å²) in [4.78, 5) is 12.4. The number of rotatable bonds is 21. The maximum atomic E-state index is 12.4. The van der Waals surface area contributed by atoms with E-state index in [9.17, 15) is 4.79 Å². The fourth-order valence-corrected chi connectivity index (χ4v) is 4.81. The van der Waals surface area contributed by atoms with Crippen LogP contribution in [0.2, 0.25) is 0 Å². The Balaban J connectivity index is 1.69. The van der Waals surface area contributed by atoms with E-state index in [4.69, 9.17) is 5.73 Å². The Morgan fingerprint density at radius 3 is 1.55 bits per heavy atom. The molecule has 0 unspecified atom stereocenters. The van der Waals surface area contributed by atoms with Gasteiger partial charge in [-0.1, -0.05) is 150 Å². The monoisotopic (exact) mass is 513 g/mol. The van der Waals surface area contributed by atoms with Gasteiger partial charge in [-0.25, -0.2) is 0 Å². The second-order valence-corrected chi connectivity index (χ2v) is 10.5. The second-order valence-electron chi connectivity index (χ2n) is 10.5. The predicted molar refractivity (Wildman–Crippen MR) is 167 cm³/mol. The summed E-state index contributed by atoms with van der Waals surface area (Å²) in [6.45, 7) is 2.28. The molecule has 0 radical (unpaired) electrons. The number of benzene rings is 2. The third-order valence-corrected chi connectivity index (χ3v) is 7.07. The standard InChI is InChI=1S/C36H51NO/c1-2-3-4-5-6-7-8-9-10-11-12-13-14-15-16-17-24-29-34(30-32-25-20-18-21-26-32)35(36(37)38)31-33-27-22-19-23-28-33/h9-10,18-23,25-28,30-31H,2-8,11-17,24,29H2,1H3,(H2,37,38). The van der Waals surface area contributed by atoms with Crippen molar-refractivity contribution < 1.29 is 4.79 Å². The molecule has 2 aromatic carbocycles. The average Bonchev–Trinajstić information content (AvgIpc) is 2.94. The van der Waals surface area contributed by atoms with E-state index in [1.807, 2.05) is 54.6 Å².